The number of hydrogen-bond donors (Lipinski definition) is 4. The van der Waals surface area contributed by atoms with Crippen molar-refractivity contribution in [1.29, 1.82) is 0 Å². The lowest BCUT2D eigenvalue weighted by molar-refractivity contribution is -0.0908. The van der Waals surface area contributed by atoms with Gasteiger partial charge in [0.2, 0.25) is 0 Å². The van der Waals surface area contributed by atoms with Crippen molar-refractivity contribution in [2.24, 2.45) is 5.41 Å². The molecule has 8 heteroatoms. The van der Waals surface area contributed by atoms with E-state index in [1.54, 1.807) is 14.2 Å². The molecule has 4 aromatic rings. The molecular weight excluding hydrogens is 691 g/mol. The summed E-state index contributed by atoms with van der Waals surface area (Å²) in [5, 5.41) is 44.9. The van der Waals surface area contributed by atoms with Crippen LogP contribution in [0.3, 0.4) is 0 Å². The summed E-state index contributed by atoms with van der Waals surface area (Å²) in [4.78, 5) is 17.0. The number of carbonyl (C=O) groups is 1. The Hall–Kier alpha value is -4.31. The molecular formula is C47H57NO7. The first-order chi connectivity index (χ1) is 26.5. The number of carbonyl (C=O) groups excluding carboxylic acids is 1. The summed E-state index contributed by atoms with van der Waals surface area (Å²) in [6, 6.07) is 29.4. The average Bonchev–Trinajstić information content (AvgIpc) is 3.45. The lowest BCUT2D eigenvalue weighted by Crippen LogP contribution is -2.53. The molecule has 5 atom stereocenters. The molecule has 292 valence electrons. The molecule has 0 heterocycles. The van der Waals surface area contributed by atoms with Gasteiger partial charge in [0.25, 0.3) is 0 Å². The number of fused-ring (bicyclic) bond motifs is 8. The molecule has 0 unspecified atom stereocenters. The Balaban J connectivity index is 1.44. The molecule has 4 N–H and O–H groups in total. The van der Waals surface area contributed by atoms with Gasteiger partial charge in [-0.1, -0.05) is 91.4 Å². The first kappa shape index (κ1) is 40.4. The van der Waals surface area contributed by atoms with Gasteiger partial charge in [-0.3, -0.25) is 9.69 Å². The minimum atomic E-state index is -1.22. The van der Waals surface area contributed by atoms with Gasteiger partial charge in [0.1, 0.15) is 11.5 Å². The number of rotatable bonds is 12. The van der Waals surface area contributed by atoms with Crippen molar-refractivity contribution in [2.75, 3.05) is 33.9 Å². The fourth-order valence-electron chi connectivity index (χ4n) is 9.03. The molecule has 2 bridgehead atoms. The predicted octanol–water partition coefficient (Wildman–Crippen LogP) is 7.50. The second-order valence-corrected chi connectivity index (χ2v) is 15.9. The molecule has 0 radical (unpaired) electrons. The van der Waals surface area contributed by atoms with Gasteiger partial charge in [-0.15, -0.1) is 0 Å². The monoisotopic (exact) mass is 747 g/mol. The average molecular weight is 748 g/mol. The molecule has 8 nitrogen and oxygen atoms in total. The van der Waals surface area contributed by atoms with Crippen LogP contribution in [-0.4, -0.2) is 82.8 Å². The van der Waals surface area contributed by atoms with Gasteiger partial charge in [-0.2, -0.15) is 0 Å². The minimum Gasteiger partial charge on any atom is -0.497 e. The maximum Gasteiger partial charge on any atom is 0.193 e. The van der Waals surface area contributed by atoms with E-state index in [-0.39, 0.29) is 24.8 Å². The molecule has 0 amide bonds. The second-order valence-electron chi connectivity index (χ2n) is 15.9. The van der Waals surface area contributed by atoms with Crippen molar-refractivity contribution in [3.8, 4) is 22.6 Å². The maximum absolute atomic E-state index is 15.0. The Kier molecular flexibility index (Phi) is 13.0. The molecule has 4 aromatic carbocycles. The number of methoxy groups -OCH3 is 2. The molecule has 1 saturated carbocycles. The lowest BCUT2D eigenvalue weighted by atomic mass is 9.64. The van der Waals surface area contributed by atoms with Crippen molar-refractivity contribution in [3.63, 3.8) is 0 Å². The van der Waals surface area contributed by atoms with Crippen LogP contribution >= 0.6 is 0 Å². The molecule has 3 aliphatic carbocycles. The summed E-state index contributed by atoms with van der Waals surface area (Å²) in [5.41, 5.74) is 5.01. The number of ether oxygens (including phenoxy) is 2. The second kappa shape index (κ2) is 17.7. The van der Waals surface area contributed by atoms with Crippen LogP contribution in [0.2, 0.25) is 0 Å². The first-order valence-corrected chi connectivity index (χ1v) is 19.6. The Morgan fingerprint density at radius 1 is 0.927 bits per heavy atom. The van der Waals surface area contributed by atoms with E-state index < -0.39 is 29.8 Å². The molecule has 0 saturated heterocycles. The number of benzene rings is 4. The molecule has 0 spiro atoms. The van der Waals surface area contributed by atoms with Crippen LogP contribution in [0.5, 0.6) is 11.5 Å². The largest absolute Gasteiger partial charge is 0.497 e. The zero-order valence-electron chi connectivity index (χ0n) is 32.7. The quantitative estimate of drug-likeness (QED) is 0.0870. The van der Waals surface area contributed by atoms with Gasteiger partial charge in [0.15, 0.2) is 5.78 Å². The Morgan fingerprint density at radius 2 is 1.69 bits per heavy atom. The Morgan fingerprint density at radius 3 is 2.44 bits per heavy atom. The molecule has 55 heavy (non-hydrogen) atoms. The third kappa shape index (κ3) is 8.90. The zero-order valence-corrected chi connectivity index (χ0v) is 32.7. The van der Waals surface area contributed by atoms with E-state index in [1.165, 1.54) is 5.57 Å². The summed E-state index contributed by atoms with van der Waals surface area (Å²) < 4.78 is 11.1. The zero-order chi connectivity index (χ0) is 39.2. The first-order valence-electron chi connectivity index (χ1n) is 19.6. The van der Waals surface area contributed by atoms with Crippen molar-refractivity contribution in [2.45, 2.75) is 89.1 Å². The topological polar surface area (TPSA) is 120 Å². The Bertz CT molecular complexity index is 1960. The van der Waals surface area contributed by atoms with Crippen molar-refractivity contribution in [1.82, 2.24) is 4.90 Å². The number of ketones is 1. The number of aliphatic hydroxyl groups is 4. The van der Waals surface area contributed by atoms with E-state index in [4.69, 9.17) is 9.47 Å². The van der Waals surface area contributed by atoms with Gasteiger partial charge in [-0.05, 0) is 92.2 Å². The van der Waals surface area contributed by atoms with Crippen molar-refractivity contribution in [3.05, 3.63) is 130 Å². The maximum atomic E-state index is 15.0. The summed E-state index contributed by atoms with van der Waals surface area (Å²) in [7, 11) is 3.21. The summed E-state index contributed by atoms with van der Waals surface area (Å²) in [5.74, 6) is 1.04. The molecule has 0 aliphatic heterocycles. The lowest BCUT2D eigenvalue weighted by Gasteiger charge is -2.46. The number of aliphatic hydroxyl groups excluding tert-OH is 3. The highest BCUT2D eigenvalue weighted by atomic mass is 16.5. The summed E-state index contributed by atoms with van der Waals surface area (Å²) >= 11 is 0. The van der Waals surface area contributed by atoms with Gasteiger partial charge in [0.05, 0.1) is 38.6 Å². The molecule has 0 aromatic heterocycles. The van der Waals surface area contributed by atoms with E-state index in [1.807, 2.05) is 89.8 Å². The summed E-state index contributed by atoms with van der Waals surface area (Å²) in [6.45, 7) is 4.61. The van der Waals surface area contributed by atoms with E-state index in [0.717, 1.165) is 40.7 Å². The standard InChI is InChI=1S/C47H57NO7/c1-32-11-10-23-46(2)43(22-24-47(46,53)31-48(29-37(51)30-49)28-35-18-20-38(54-3)27-44(35)55-4)40-21-17-33(25-36(50)19-16-32)26-42(40)45(52)41-15-9-8-14-39(41)34-12-6-5-7-13-34/h5-9,11-15,17-18,20-21,26-27,36-37,43,49-51,53H,10,16,19,22-25,28-31H2,1-4H3/t36-,37-,43-,46-,47+/m0/s1. The highest BCUT2D eigenvalue weighted by Gasteiger charge is 2.57. The molecule has 3 aliphatic rings. The van der Waals surface area contributed by atoms with Crippen LogP contribution in [0.1, 0.15) is 90.9 Å². The van der Waals surface area contributed by atoms with Crippen LogP contribution < -0.4 is 9.47 Å². The molecule has 7 rings (SSSR count). The van der Waals surface area contributed by atoms with Crippen molar-refractivity contribution >= 4 is 5.78 Å². The summed E-state index contributed by atoms with van der Waals surface area (Å²) in [6.07, 6.45) is 5.02. The van der Waals surface area contributed by atoms with Crippen LogP contribution in [0.15, 0.2) is 103 Å². The van der Waals surface area contributed by atoms with E-state index in [9.17, 15) is 25.2 Å². The van der Waals surface area contributed by atoms with Gasteiger partial charge < -0.3 is 29.9 Å². The Labute approximate surface area is 326 Å². The van der Waals surface area contributed by atoms with Crippen LogP contribution in [0, 0.1) is 5.41 Å². The van der Waals surface area contributed by atoms with Crippen LogP contribution in [0.4, 0.5) is 0 Å². The SMILES string of the molecule is COc1ccc(CN(C[C@H](O)CO)C[C@]2(O)CC[C@H]3c4ccc(cc4C(=O)c4ccccc4-c4ccccc4)C[C@@H](O)CCC(C)=CCC[C@@]32C)c(OC)c1. The van der Waals surface area contributed by atoms with Crippen LogP contribution in [0.25, 0.3) is 11.1 Å². The number of allylic oxidation sites excluding steroid dienone is 2. The van der Waals surface area contributed by atoms with Gasteiger partial charge in [0, 0.05) is 47.8 Å². The number of hydrogen-bond acceptors (Lipinski definition) is 8. The minimum absolute atomic E-state index is 0.0780. The van der Waals surface area contributed by atoms with E-state index >= 15 is 0 Å². The predicted molar refractivity (Wildman–Crippen MR) is 217 cm³/mol. The number of nitrogens with zero attached hydrogens (tertiary/aromatic N) is 1. The van der Waals surface area contributed by atoms with Crippen LogP contribution in [-0.2, 0) is 13.0 Å². The molecule has 1 fully saturated rings. The highest BCUT2D eigenvalue weighted by Crippen LogP contribution is 2.59. The smallest absolute Gasteiger partial charge is 0.193 e. The van der Waals surface area contributed by atoms with Crippen molar-refractivity contribution < 1.29 is 34.7 Å². The normalized spacial score (nSPS) is 23.5. The third-order valence-corrected chi connectivity index (χ3v) is 12.2. The highest BCUT2D eigenvalue weighted by molar-refractivity contribution is 6.13. The van der Waals surface area contributed by atoms with Gasteiger partial charge in [-0.25, -0.2) is 0 Å². The fourth-order valence-corrected chi connectivity index (χ4v) is 9.03. The fraction of sp³-hybridized carbons (Fsp3) is 0.426. The van der Waals surface area contributed by atoms with E-state index in [2.05, 4.69) is 26.0 Å². The van der Waals surface area contributed by atoms with Gasteiger partial charge >= 0.3 is 0 Å². The van der Waals surface area contributed by atoms with E-state index in [0.29, 0.717) is 61.3 Å². The third-order valence-electron chi connectivity index (χ3n) is 12.2.